The molecule has 9 nitrogen and oxygen atoms in total. The molecular formula is C22H28N4O5. The molecule has 1 aliphatic heterocycles. The van der Waals surface area contributed by atoms with Crippen molar-refractivity contribution in [2.24, 2.45) is 0 Å². The molecule has 2 heterocycles. The number of carbonyl (C=O) groups is 2. The van der Waals surface area contributed by atoms with Crippen molar-refractivity contribution in [3.63, 3.8) is 0 Å². The summed E-state index contributed by atoms with van der Waals surface area (Å²) in [6.45, 7) is 4.17. The number of hydrogen-bond donors (Lipinski definition) is 3. The SMILES string of the molecule is O=CNCCOCCOCCOCCNc1ccc(-c2ccc3c(c2)NC(=O)C3)cn1. The molecule has 31 heavy (non-hydrogen) atoms. The van der Waals surface area contributed by atoms with Crippen molar-refractivity contribution in [2.75, 3.05) is 63.4 Å². The molecule has 1 aromatic heterocycles. The second kappa shape index (κ2) is 12.6. The molecule has 2 aromatic rings. The van der Waals surface area contributed by atoms with Crippen LogP contribution in [0.3, 0.4) is 0 Å². The Morgan fingerprint density at radius 3 is 2.35 bits per heavy atom. The Bertz CT molecular complexity index is 844. The molecule has 9 heteroatoms. The first-order valence-electron chi connectivity index (χ1n) is 10.3. The van der Waals surface area contributed by atoms with Gasteiger partial charge < -0.3 is 30.2 Å². The fourth-order valence-electron chi connectivity index (χ4n) is 3.05. The molecule has 0 bridgehead atoms. The number of aromatic nitrogens is 1. The van der Waals surface area contributed by atoms with E-state index in [9.17, 15) is 9.59 Å². The minimum absolute atomic E-state index is 0.0350. The van der Waals surface area contributed by atoms with Crippen LogP contribution in [-0.2, 0) is 30.2 Å². The van der Waals surface area contributed by atoms with E-state index in [1.165, 1.54) is 0 Å². The zero-order valence-electron chi connectivity index (χ0n) is 17.4. The third kappa shape index (κ3) is 7.63. The van der Waals surface area contributed by atoms with Gasteiger partial charge in [0.25, 0.3) is 0 Å². The normalized spacial score (nSPS) is 12.3. The van der Waals surface area contributed by atoms with Crippen LogP contribution < -0.4 is 16.0 Å². The number of anilines is 2. The van der Waals surface area contributed by atoms with E-state index in [0.717, 1.165) is 28.2 Å². The number of carbonyl (C=O) groups excluding carboxylic acids is 2. The number of ether oxygens (including phenoxy) is 3. The fraction of sp³-hybridized carbons (Fsp3) is 0.409. The van der Waals surface area contributed by atoms with Crippen LogP contribution in [0.1, 0.15) is 5.56 Å². The number of nitrogens with one attached hydrogen (secondary N) is 3. The maximum atomic E-state index is 11.5. The molecular weight excluding hydrogens is 400 g/mol. The van der Waals surface area contributed by atoms with E-state index in [4.69, 9.17) is 14.2 Å². The number of nitrogens with zero attached hydrogens (tertiary/aromatic N) is 1. The molecule has 0 fully saturated rings. The predicted molar refractivity (Wildman–Crippen MR) is 117 cm³/mol. The van der Waals surface area contributed by atoms with Gasteiger partial charge in [0, 0.05) is 30.5 Å². The molecule has 0 saturated carbocycles. The van der Waals surface area contributed by atoms with Crippen LogP contribution in [0.4, 0.5) is 11.5 Å². The van der Waals surface area contributed by atoms with Gasteiger partial charge in [-0.25, -0.2) is 4.98 Å². The zero-order chi connectivity index (χ0) is 21.7. The summed E-state index contributed by atoms with van der Waals surface area (Å²) in [6, 6.07) is 9.90. The Balaban J connectivity index is 1.25. The van der Waals surface area contributed by atoms with Crippen molar-refractivity contribution in [3.8, 4) is 11.1 Å². The van der Waals surface area contributed by atoms with Gasteiger partial charge in [-0.1, -0.05) is 12.1 Å². The van der Waals surface area contributed by atoms with Gasteiger partial charge in [-0.15, -0.1) is 0 Å². The summed E-state index contributed by atoms with van der Waals surface area (Å²) in [7, 11) is 0. The van der Waals surface area contributed by atoms with Gasteiger partial charge >= 0.3 is 0 Å². The summed E-state index contributed by atoms with van der Waals surface area (Å²) in [5, 5.41) is 8.62. The molecule has 3 N–H and O–H groups in total. The van der Waals surface area contributed by atoms with E-state index >= 15 is 0 Å². The number of hydrogen-bond acceptors (Lipinski definition) is 7. The molecule has 0 radical (unpaired) electrons. The summed E-state index contributed by atoms with van der Waals surface area (Å²) < 4.78 is 16.2. The topological polar surface area (TPSA) is 111 Å². The Kier molecular flexibility index (Phi) is 9.24. The molecule has 166 valence electrons. The molecule has 2 amide bonds. The largest absolute Gasteiger partial charge is 0.377 e. The minimum Gasteiger partial charge on any atom is -0.377 e. The standard InChI is InChI=1S/C22H28N4O5/c27-16-23-5-7-29-9-11-31-12-10-30-8-6-24-21-4-3-19(15-25-21)17-1-2-18-14-22(28)26-20(18)13-17/h1-4,13,15-16H,5-12,14H2,(H,23,27)(H,24,25)(H,26,28). The average Bonchev–Trinajstić information content (AvgIpc) is 3.16. The van der Waals surface area contributed by atoms with E-state index in [-0.39, 0.29) is 5.91 Å². The summed E-state index contributed by atoms with van der Waals surface area (Å²) >= 11 is 0. The summed E-state index contributed by atoms with van der Waals surface area (Å²) in [5.74, 6) is 0.812. The van der Waals surface area contributed by atoms with Crippen LogP contribution in [-0.4, -0.2) is 70.0 Å². The van der Waals surface area contributed by atoms with Gasteiger partial charge in [0.1, 0.15) is 5.82 Å². The van der Waals surface area contributed by atoms with Gasteiger partial charge in [0.2, 0.25) is 12.3 Å². The third-order valence-corrected chi connectivity index (χ3v) is 4.60. The maximum absolute atomic E-state index is 11.5. The molecule has 0 saturated heterocycles. The summed E-state index contributed by atoms with van der Waals surface area (Å²) in [5.41, 5.74) is 3.92. The zero-order valence-corrected chi connectivity index (χ0v) is 17.4. The Labute approximate surface area is 181 Å². The Hall–Kier alpha value is -3.01. The minimum atomic E-state index is 0.0350. The van der Waals surface area contributed by atoms with Crippen molar-refractivity contribution in [3.05, 3.63) is 42.1 Å². The summed E-state index contributed by atoms with van der Waals surface area (Å²) in [4.78, 5) is 26.0. The lowest BCUT2D eigenvalue weighted by atomic mass is 10.0. The number of pyridine rings is 1. The Morgan fingerprint density at radius 1 is 0.935 bits per heavy atom. The van der Waals surface area contributed by atoms with E-state index in [1.807, 2.05) is 36.5 Å². The van der Waals surface area contributed by atoms with Crippen molar-refractivity contribution in [2.45, 2.75) is 6.42 Å². The average molecular weight is 428 g/mol. The van der Waals surface area contributed by atoms with Crippen molar-refractivity contribution < 1.29 is 23.8 Å². The Morgan fingerprint density at radius 2 is 1.65 bits per heavy atom. The molecule has 1 aromatic carbocycles. The van der Waals surface area contributed by atoms with Gasteiger partial charge in [-0.05, 0) is 29.3 Å². The maximum Gasteiger partial charge on any atom is 0.228 e. The van der Waals surface area contributed by atoms with E-state index < -0.39 is 0 Å². The first-order chi connectivity index (χ1) is 15.3. The van der Waals surface area contributed by atoms with Gasteiger partial charge in [0.15, 0.2) is 0 Å². The second-order valence-electron chi connectivity index (χ2n) is 6.86. The van der Waals surface area contributed by atoms with Crippen LogP contribution in [0.5, 0.6) is 0 Å². The highest BCUT2D eigenvalue weighted by Gasteiger charge is 2.17. The van der Waals surface area contributed by atoms with Crippen molar-refractivity contribution in [1.29, 1.82) is 0 Å². The third-order valence-electron chi connectivity index (χ3n) is 4.60. The number of amides is 2. The van der Waals surface area contributed by atoms with Crippen LogP contribution in [0.2, 0.25) is 0 Å². The molecule has 0 spiro atoms. The fourth-order valence-corrected chi connectivity index (χ4v) is 3.05. The van der Waals surface area contributed by atoms with Crippen molar-refractivity contribution >= 4 is 23.8 Å². The smallest absolute Gasteiger partial charge is 0.228 e. The predicted octanol–water partition coefficient (Wildman–Crippen LogP) is 1.45. The second-order valence-corrected chi connectivity index (χ2v) is 6.86. The lowest BCUT2D eigenvalue weighted by Gasteiger charge is -2.09. The number of rotatable bonds is 15. The first-order valence-corrected chi connectivity index (χ1v) is 10.3. The molecule has 0 atom stereocenters. The lowest BCUT2D eigenvalue weighted by Crippen LogP contribution is -2.19. The number of fused-ring (bicyclic) bond motifs is 1. The van der Waals surface area contributed by atoms with Gasteiger partial charge in [0.05, 0.1) is 46.1 Å². The van der Waals surface area contributed by atoms with Crippen LogP contribution in [0.15, 0.2) is 36.5 Å². The van der Waals surface area contributed by atoms with Crippen LogP contribution in [0.25, 0.3) is 11.1 Å². The van der Waals surface area contributed by atoms with Gasteiger partial charge in [-0.3, -0.25) is 9.59 Å². The molecule has 0 unspecified atom stereocenters. The van der Waals surface area contributed by atoms with Crippen LogP contribution in [0, 0.1) is 0 Å². The molecule has 0 aliphatic carbocycles. The first kappa shape index (κ1) is 22.7. The van der Waals surface area contributed by atoms with E-state index in [1.54, 1.807) is 0 Å². The molecule has 3 rings (SSSR count). The lowest BCUT2D eigenvalue weighted by molar-refractivity contribution is -0.115. The van der Waals surface area contributed by atoms with Crippen molar-refractivity contribution in [1.82, 2.24) is 10.3 Å². The highest BCUT2D eigenvalue weighted by molar-refractivity contribution is 5.99. The highest BCUT2D eigenvalue weighted by Crippen LogP contribution is 2.29. The molecule has 1 aliphatic rings. The quantitative estimate of drug-likeness (QED) is 0.291. The van der Waals surface area contributed by atoms with E-state index in [0.29, 0.717) is 65.6 Å². The number of benzene rings is 1. The summed E-state index contributed by atoms with van der Waals surface area (Å²) in [6.07, 6.45) is 2.91. The highest BCUT2D eigenvalue weighted by atomic mass is 16.5. The van der Waals surface area contributed by atoms with Gasteiger partial charge in [-0.2, -0.15) is 0 Å². The van der Waals surface area contributed by atoms with E-state index in [2.05, 4.69) is 20.9 Å². The monoisotopic (exact) mass is 428 g/mol. The van der Waals surface area contributed by atoms with Crippen LogP contribution >= 0.6 is 0 Å².